The number of pyridine rings is 1. The first-order chi connectivity index (χ1) is 11.6. The Morgan fingerprint density at radius 3 is 2.54 bits per heavy atom. The predicted molar refractivity (Wildman–Crippen MR) is 86.7 cm³/mol. The second-order valence-corrected chi connectivity index (χ2v) is 5.66. The van der Waals surface area contributed by atoms with Crippen molar-refractivity contribution >= 4 is 11.9 Å². The first kappa shape index (κ1) is 16.0. The maximum Gasteiger partial charge on any atom is 0.326 e. The number of carboxylic acids is 1. The molecule has 2 aromatic rings. The van der Waals surface area contributed by atoms with Crippen molar-refractivity contribution in [1.29, 1.82) is 0 Å². The van der Waals surface area contributed by atoms with Crippen molar-refractivity contribution < 1.29 is 19.4 Å². The first-order valence-electron chi connectivity index (χ1n) is 7.80. The molecule has 1 amide bonds. The SMILES string of the molecule is O=C(O)[C@H]1CCCN1C(=O)c1ccc(OCc2ccncc2)cc1. The van der Waals surface area contributed by atoms with Crippen molar-refractivity contribution in [2.45, 2.75) is 25.5 Å². The first-order valence-corrected chi connectivity index (χ1v) is 7.80. The largest absolute Gasteiger partial charge is 0.489 e. The Morgan fingerprint density at radius 1 is 1.17 bits per heavy atom. The van der Waals surface area contributed by atoms with E-state index in [9.17, 15) is 14.7 Å². The number of likely N-dealkylation sites (tertiary alicyclic amines) is 1. The zero-order chi connectivity index (χ0) is 16.9. The molecular weight excluding hydrogens is 308 g/mol. The molecule has 1 aliphatic rings. The Balaban J connectivity index is 1.63. The number of nitrogens with zero attached hydrogens (tertiary/aromatic N) is 2. The molecule has 3 rings (SSSR count). The van der Waals surface area contributed by atoms with Crippen LogP contribution < -0.4 is 4.74 Å². The molecule has 1 aromatic carbocycles. The van der Waals surface area contributed by atoms with Crippen molar-refractivity contribution in [1.82, 2.24) is 9.88 Å². The van der Waals surface area contributed by atoms with Crippen molar-refractivity contribution in [2.24, 2.45) is 0 Å². The minimum atomic E-state index is -0.946. The molecule has 2 heterocycles. The molecule has 1 aromatic heterocycles. The fraction of sp³-hybridized carbons (Fsp3) is 0.278. The maximum absolute atomic E-state index is 12.5. The highest BCUT2D eigenvalue weighted by atomic mass is 16.5. The van der Waals surface area contributed by atoms with Gasteiger partial charge in [-0.05, 0) is 54.8 Å². The number of benzene rings is 1. The highest BCUT2D eigenvalue weighted by molar-refractivity contribution is 5.97. The van der Waals surface area contributed by atoms with Gasteiger partial charge in [0.2, 0.25) is 0 Å². The Kier molecular flexibility index (Phi) is 4.74. The summed E-state index contributed by atoms with van der Waals surface area (Å²) in [6.07, 6.45) is 4.63. The molecule has 0 unspecified atom stereocenters. The smallest absolute Gasteiger partial charge is 0.326 e. The lowest BCUT2D eigenvalue weighted by Gasteiger charge is -2.21. The summed E-state index contributed by atoms with van der Waals surface area (Å²) < 4.78 is 5.66. The number of aromatic nitrogens is 1. The summed E-state index contributed by atoms with van der Waals surface area (Å²) in [5, 5.41) is 9.18. The Bertz CT molecular complexity index is 716. The third kappa shape index (κ3) is 3.53. The van der Waals surface area contributed by atoms with E-state index in [1.54, 1.807) is 36.7 Å². The van der Waals surface area contributed by atoms with Gasteiger partial charge >= 0.3 is 5.97 Å². The lowest BCUT2D eigenvalue weighted by atomic mass is 10.1. The summed E-state index contributed by atoms with van der Waals surface area (Å²) in [6, 6.07) is 9.80. The third-order valence-electron chi connectivity index (χ3n) is 4.05. The van der Waals surface area contributed by atoms with Crippen LogP contribution >= 0.6 is 0 Å². The summed E-state index contributed by atoms with van der Waals surface area (Å²) in [6.45, 7) is 0.902. The minimum Gasteiger partial charge on any atom is -0.489 e. The van der Waals surface area contributed by atoms with Gasteiger partial charge in [0.1, 0.15) is 18.4 Å². The van der Waals surface area contributed by atoms with E-state index >= 15 is 0 Å². The lowest BCUT2D eigenvalue weighted by molar-refractivity contribution is -0.141. The highest BCUT2D eigenvalue weighted by Gasteiger charge is 2.34. The van der Waals surface area contributed by atoms with Crippen LogP contribution in [-0.4, -0.2) is 39.5 Å². The quantitative estimate of drug-likeness (QED) is 0.912. The van der Waals surface area contributed by atoms with E-state index in [1.165, 1.54) is 4.90 Å². The molecule has 1 fully saturated rings. The van der Waals surface area contributed by atoms with Crippen LogP contribution in [0.3, 0.4) is 0 Å². The lowest BCUT2D eigenvalue weighted by Crippen LogP contribution is -2.40. The molecule has 6 heteroatoms. The van der Waals surface area contributed by atoms with Gasteiger partial charge in [-0.25, -0.2) is 4.79 Å². The molecule has 0 bridgehead atoms. The number of carbonyl (C=O) groups is 2. The van der Waals surface area contributed by atoms with E-state index in [1.807, 2.05) is 12.1 Å². The molecule has 0 spiro atoms. The summed E-state index contributed by atoms with van der Waals surface area (Å²) in [5.41, 5.74) is 1.48. The van der Waals surface area contributed by atoms with Gasteiger partial charge in [-0.1, -0.05) is 0 Å². The maximum atomic E-state index is 12.5. The molecule has 1 saturated heterocycles. The number of carboxylic acid groups (broad SMARTS) is 1. The zero-order valence-corrected chi connectivity index (χ0v) is 13.1. The van der Waals surface area contributed by atoms with Crippen molar-refractivity contribution in [3.8, 4) is 5.75 Å². The molecule has 0 saturated carbocycles. The van der Waals surface area contributed by atoms with Crippen LogP contribution in [0.25, 0.3) is 0 Å². The number of amides is 1. The average molecular weight is 326 g/mol. The number of hydrogen-bond donors (Lipinski definition) is 1. The van der Waals surface area contributed by atoms with Crippen LogP contribution in [0.2, 0.25) is 0 Å². The number of aliphatic carboxylic acids is 1. The topological polar surface area (TPSA) is 79.7 Å². The second-order valence-electron chi connectivity index (χ2n) is 5.66. The van der Waals surface area contributed by atoms with Crippen molar-refractivity contribution in [3.63, 3.8) is 0 Å². The normalized spacial score (nSPS) is 16.8. The molecule has 1 atom stereocenters. The summed E-state index contributed by atoms with van der Waals surface area (Å²) in [5.74, 6) is -0.543. The van der Waals surface area contributed by atoms with E-state index in [4.69, 9.17) is 4.74 Å². The minimum absolute atomic E-state index is 0.249. The van der Waals surface area contributed by atoms with Crippen LogP contribution in [0, 0.1) is 0 Å². The van der Waals surface area contributed by atoms with Gasteiger partial charge in [0, 0.05) is 24.5 Å². The Hall–Kier alpha value is -2.89. The van der Waals surface area contributed by atoms with Crippen LogP contribution in [0.1, 0.15) is 28.8 Å². The van der Waals surface area contributed by atoms with E-state index in [0.29, 0.717) is 30.9 Å². The number of ether oxygens (including phenoxy) is 1. The van der Waals surface area contributed by atoms with Gasteiger partial charge in [0.15, 0.2) is 0 Å². The van der Waals surface area contributed by atoms with Crippen LogP contribution in [0.4, 0.5) is 0 Å². The second kappa shape index (κ2) is 7.12. The highest BCUT2D eigenvalue weighted by Crippen LogP contribution is 2.22. The van der Waals surface area contributed by atoms with Gasteiger partial charge in [-0.2, -0.15) is 0 Å². The van der Waals surface area contributed by atoms with Crippen LogP contribution in [-0.2, 0) is 11.4 Å². The molecular formula is C18H18N2O4. The molecule has 24 heavy (non-hydrogen) atoms. The van der Waals surface area contributed by atoms with E-state index < -0.39 is 12.0 Å². The standard InChI is InChI=1S/C18H18N2O4/c21-17(20-11-1-2-16(20)18(22)23)14-3-5-15(6-4-14)24-12-13-7-9-19-10-8-13/h3-10,16H,1-2,11-12H2,(H,22,23)/t16-/m1/s1. The summed E-state index contributed by atoms with van der Waals surface area (Å²) >= 11 is 0. The van der Waals surface area contributed by atoms with E-state index in [2.05, 4.69) is 4.98 Å². The molecule has 124 valence electrons. The molecule has 0 aliphatic carbocycles. The third-order valence-corrected chi connectivity index (χ3v) is 4.05. The number of rotatable bonds is 5. The summed E-state index contributed by atoms with van der Waals surface area (Å²) in [7, 11) is 0. The number of carbonyl (C=O) groups excluding carboxylic acids is 1. The molecule has 1 aliphatic heterocycles. The monoisotopic (exact) mass is 326 g/mol. The zero-order valence-electron chi connectivity index (χ0n) is 13.1. The van der Waals surface area contributed by atoms with E-state index in [0.717, 1.165) is 12.0 Å². The van der Waals surface area contributed by atoms with Gasteiger partial charge in [-0.3, -0.25) is 9.78 Å². The molecule has 6 nitrogen and oxygen atoms in total. The Labute approximate surface area is 139 Å². The van der Waals surface area contributed by atoms with Gasteiger partial charge < -0.3 is 14.7 Å². The van der Waals surface area contributed by atoms with E-state index in [-0.39, 0.29) is 5.91 Å². The van der Waals surface area contributed by atoms with Crippen LogP contribution in [0.5, 0.6) is 5.75 Å². The summed E-state index contributed by atoms with van der Waals surface area (Å²) in [4.78, 5) is 29.0. The van der Waals surface area contributed by atoms with Gasteiger partial charge in [0.25, 0.3) is 5.91 Å². The Morgan fingerprint density at radius 2 is 1.88 bits per heavy atom. The van der Waals surface area contributed by atoms with Crippen LogP contribution in [0.15, 0.2) is 48.8 Å². The predicted octanol–water partition coefficient (Wildman–Crippen LogP) is 2.35. The molecule has 0 radical (unpaired) electrons. The van der Waals surface area contributed by atoms with Crippen molar-refractivity contribution in [2.75, 3.05) is 6.54 Å². The number of hydrogen-bond acceptors (Lipinski definition) is 4. The average Bonchev–Trinajstić information content (AvgIpc) is 3.11. The fourth-order valence-electron chi connectivity index (χ4n) is 2.77. The van der Waals surface area contributed by atoms with Gasteiger partial charge in [-0.15, -0.1) is 0 Å². The van der Waals surface area contributed by atoms with Gasteiger partial charge in [0.05, 0.1) is 0 Å². The molecule has 1 N–H and O–H groups in total. The fourth-order valence-corrected chi connectivity index (χ4v) is 2.77. The van der Waals surface area contributed by atoms with Crippen molar-refractivity contribution in [3.05, 3.63) is 59.9 Å².